The molecule has 4 rings (SSSR count). The van der Waals surface area contributed by atoms with Crippen molar-refractivity contribution in [3.63, 3.8) is 0 Å². The predicted molar refractivity (Wildman–Crippen MR) is 130 cm³/mol. The van der Waals surface area contributed by atoms with Crippen molar-refractivity contribution in [3.8, 4) is 34.2 Å². The SMILES string of the molecule is Cc1cc(-c2cc(-c3ccc(OCCN4CCCC4)cc3)c(C#N)c(N)n2)cc(C)c1C. The first-order valence-corrected chi connectivity index (χ1v) is 11.2. The fourth-order valence-corrected chi connectivity index (χ4v) is 4.27. The third-order valence-electron chi connectivity index (χ3n) is 6.42. The van der Waals surface area contributed by atoms with Gasteiger partial charge in [-0.05, 0) is 99.3 Å². The number of nitrogens with two attached hydrogens (primary N) is 1. The van der Waals surface area contributed by atoms with Gasteiger partial charge in [0, 0.05) is 17.7 Å². The highest BCUT2D eigenvalue weighted by atomic mass is 16.5. The van der Waals surface area contributed by atoms with Crippen LogP contribution in [0.15, 0.2) is 42.5 Å². The molecule has 0 spiro atoms. The molecule has 1 saturated heterocycles. The Balaban J connectivity index is 1.60. The molecule has 1 aromatic heterocycles. The zero-order chi connectivity index (χ0) is 22.7. The second kappa shape index (κ2) is 9.42. The lowest BCUT2D eigenvalue weighted by Gasteiger charge is -2.15. The first kappa shape index (κ1) is 21.9. The molecule has 5 nitrogen and oxygen atoms in total. The Kier molecular flexibility index (Phi) is 6.43. The molecule has 1 fully saturated rings. The van der Waals surface area contributed by atoms with Gasteiger partial charge < -0.3 is 10.5 Å². The monoisotopic (exact) mass is 426 g/mol. The lowest BCUT2D eigenvalue weighted by Crippen LogP contribution is -2.25. The summed E-state index contributed by atoms with van der Waals surface area (Å²) in [5, 5.41) is 9.72. The smallest absolute Gasteiger partial charge is 0.142 e. The molecule has 2 N–H and O–H groups in total. The Morgan fingerprint density at radius 3 is 2.28 bits per heavy atom. The second-order valence-electron chi connectivity index (χ2n) is 8.58. The number of nitrogen functional groups attached to an aromatic ring is 1. The minimum Gasteiger partial charge on any atom is -0.492 e. The number of nitrogens with zero attached hydrogens (tertiary/aromatic N) is 3. The van der Waals surface area contributed by atoms with Crippen LogP contribution in [0.5, 0.6) is 5.75 Å². The highest BCUT2D eigenvalue weighted by molar-refractivity contribution is 5.80. The highest BCUT2D eigenvalue weighted by Gasteiger charge is 2.15. The van der Waals surface area contributed by atoms with Crippen LogP contribution in [0.25, 0.3) is 22.4 Å². The van der Waals surface area contributed by atoms with Crippen LogP contribution < -0.4 is 10.5 Å². The van der Waals surface area contributed by atoms with Gasteiger partial charge in [-0.15, -0.1) is 0 Å². The number of pyridine rings is 1. The van der Waals surface area contributed by atoms with Crippen LogP contribution in [0, 0.1) is 32.1 Å². The normalized spacial score (nSPS) is 13.8. The van der Waals surface area contributed by atoms with Crippen LogP contribution in [0.2, 0.25) is 0 Å². The summed E-state index contributed by atoms with van der Waals surface area (Å²) in [4.78, 5) is 6.97. The molecule has 0 unspecified atom stereocenters. The summed E-state index contributed by atoms with van der Waals surface area (Å²) in [5.74, 6) is 1.08. The van der Waals surface area contributed by atoms with E-state index < -0.39 is 0 Å². The number of benzene rings is 2. The molecule has 5 heteroatoms. The molecule has 2 aromatic carbocycles. The lowest BCUT2D eigenvalue weighted by atomic mass is 9.95. The van der Waals surface area contributed by atoms with Crippen LogP contribution in [-0.4, -0.2) is 36.1 Å². The fraction of sp³-hybridized carbons (Fsp3) is 0.333. The summed E-state index contributed by atoms with van der Waals surface area (Å²) < 4.78 is 5.93. The molecular weight excluding hydrogens is 396 g/mol. The number of likely N-dealkylation sites (tertiary alicyclic amines) is 1. The van der Waals surface area contributed by atoms with Gasteiger partial charge in [-0.25, -0.2) is 4.98 Å². The Morgan fingerprint density at radius 2 is 1.66 bits per heavy atom. The maximum atomic E-state index is 9.72. The maximum Gasteiger partial charge on any atom is 0.142 e. The summed E-state index contributed by atoms with van der Waals surface area (Å²) in [7, 11) is 0. The molecule has 2 heterocycles. The third kappa shape index (κ3) is 4.61. The van der Waals surface area contributed by atoms with E-state index >= 15 is 0 Å². The van der Waals surface area contributed by atoms with E-state index in [1.807, 2.05) is 30.3 Å². The molecule has 0 radical (unpaired) electrons. The number of hydrogen-bond donors (Lipinski definition) is 1. The van der Waals surface area contributed by atoms with E-state index in [-0.39, 0.29) is 5.82 Å². The largest absolute Gasteiger partial charge is 0.492 e. The van der Waals surface area contributed by atoms with Crippen molar-refractivity contribution in [2.45, 2.75) is 33.6 Å². The number of aryl methyl sites for hydroxylation is 2. The van der Waals surface area contributed by atoms with Gasteiger partial charge in [0.25, 0.3) is 0 Å². The van der Waals surface area contributed by atoms with Gasteiger partial charge >= 0.3 is 0 Å². The van der Waals surface area contributed by atoms with Gasteiger partial charge in [0.1, 0.15) is 29.8 Å². The summed E-state index contributed by atoms with van der Waals surface area (Å²) >= 11 is 0. The van der Waals surface area contributed by atoms with E-state index in [0.29, 0.717) is 12.2 Å². The summed E-state index contributed by atoms with van der Waals surface area (Å²) in [6, 6.07) is 16.3. The number of aromatic nitrogens is 1. The van der Waals surface area contributed by atoms with Crippen LogP contribution in [0.3, 0.4) is 0 Å². The average Bonchev–Trinajstić information content (AvgIpc) is 3.30. The summed E-state index contributed by atoms with van der Waals surface area (Å²) in [6.45, 7) is 10.3. The first-order valence-electron chi connectivity index (χ1n) is 11.2. The number of hydrogen-bond acceptors (Lipinski definition) is 5. The first-order chi connectivity index (χ1) is 15.5. The van der Waals surface area contributed by atoms with E-state index in [4.69, 9.17) is 10.5 Å². The molecule has 1 aliphatic rings. The molecule has 3 aromatic rings. The quantitative estimate of drug-likeness (QED) is 0.581. The second-order valence-corrected chi connectivity index (χ2v) is 8.58. The van der Waals surface area contributed by atoms with Gasteiger partial charge in [0.15, 0.2) is 0 Å². The fourth-order valence-electron chi connectivity index (χ4n) is 4.27. The van der Waals surface area contributed by atoms with Gasteiger partial charge in [-0.3, -0.25) is 4.90 Å². The van der Waals surface area contributed by atoms with Crippen molar-refractivity contribution >= 4 is 5.82 Å². The standard InChI is InChI=1S/C27H30N4O/c1-18-14-22(15-19(2)20(18)3)26-16-24(25(17-28)27(29)30-26)21-6-8-23(9-7-21)32-13-12-31-10-4-5-11-31/h6-9,14-16H,4-5,10-13H2,1-3H3,(H2,29,30). The number of rotatable bonds is 6. The number of ether oxygens (including phenoxy) is 1. The van der Waals surface area contributed by atoms with Crippen LogP contribution in [0.1, 0.15) is 35.1 Å². The van der Waals surface area contributed by atoms with Gasteiger partial charge in [0.05, 0.1) is 5.69 Å². The zero-order valence-electron chi connectivity index (χ0n) is 19.1. The van der Waals surface area contributed by atoms with E-state index in [0.717, 1.165) is 34.7 Å². The topological polar surface area (TPSA) is 75.2 Å². The Labute approximate surface area is 190 Å². The van der Waals surface area contributed by atoms with Crippen molar-refractivity contribution in [3.05, 3.63) is 64.7 Å². The lowest BCUT2D eigenvalue weighted by molar-refractivity contribution is 0.238. The highest BCUT2D eigenvalue weighted by Crippen LogP contribution is 2.33. The number of anilines is 1. The van der Waals surface area contributed by atoms with Gasteiger partial charge in [-0.2, -0.15) is 5.26 Å². The van der Waals surface area contributed by atoms with Gasteiger partial charge in [-0.1, -0.05) is 12.1 Å². The summed E-state index contributed by atoms with van der Waals surface area (Å²) in [5.41, 5.74) is 13.8. The molecule has 0 bridgehead atoms. The van der Waals surface area contributed by atoms with E-state index in [1.54, 1.807) is 0 Å². The van der Waals surface area contributed by atoms with Gasteiger partial charge in [0.2, 0.25) is 0 Å². The Morgan fingerprint density at radius 1 is 1.00 bits per heavy atom. The third-order valence-corrected chi connectivity index (χ3v) is 6.42. The number of nitriles is 1. The maximum absolute atomic E-state index is 9.72. The van der Waals surface area contributed by atoms with Crippen LogP contribution in [0.4, 0.5) is 5.82 Å². The molecule has 0 aliphatic carbocycles. The molecule has 0 amide bonds. The van der Waals surface area contributed by atoms with E-state index in [2.05, 4.69) is 48.9 Å². The van der Waals surface area contributed by atoms with Crippen molar-refractivity contribution in [1.82, 2.24) is 9.88 Å². The zero-order valence-corrected chi connectivity index (χ0v) is 19.1. The van der Waals surface area contributed by atoms with Crippen LogP contribution >= 0.6 is 0 Å². The molecule has 0 saturated carbocycles. The molecule has 164 valence electrons. The van der Waals surface area contributed by atoms with Crippen molar-refractivity contribution in [2.75, 3.05) is 32.0 Å². The van der Waals surface area contributed by atoms with Crippen molar-refractivity contribution in [2.24, 2.45) is 0 Å². The Bertz CT molecular complexity index is 1130. The van der Waals surface area contributed by atoms with Crippen LogP contribution in [-0.2, 0) is 0 Å². The minimum absolute atomic E-state index is 0.252. The van der Waals surface area contributed by atoms with E-state index in [9.17, 15) is 5.26 Å². The average molecular weight is 427 g/mol. The summed E-state index contributed by atoms with van der Waals surface area (Å²) in [6.07, 6.45) is 2.57. The predicted octanol–water partition coefficient (Wildman–Crippen LogP) is 5.27. The van der Waals surface area contributed by atoms with Crippen molar-refractivity contribution in [1.29, 1.82) is 5.26 Å². The molecule has 1 aliphatic heterocycles. The minimum atomic E-state index is 0.252. The molecular formula is C27H30N4O. The van der Waals surface area contributed by atoms with Crippen molar-refractivity contribution < 1.29 is 4.74 Å². The van der Waals surface area contributed by atoms with E-state index in [1.165, 1.54) is 42.6 Å². The molecule has 0 atom stereocenters. The Hall–Kier alpha value is -3.36. The molecule has 32 heavy (non-hydrogen) atoms.